The summed E-state index contributed by atoms with van der Waals surface area (Å²) in [7, 11) is 0. The molecule has 1 aliphatic carbocycles. The summed E-state index contributed by atoms with van der Waals surface area (Å²) in [6.07, 6.45) is 3.43. The molecule has 21 heavy (non-hydrogen) atoms. The van der Waals surface area contributed by atoms with E-state index in [9.17, 15) is 9.18 Å². The first-order valence-corrected chi connectivity index (χ1v) is 7.20. The first-order chi connectivity index (χ1) is 10.1. The van der Waals surface area contributed by atoms with Gasteiger partial charge in [-0.25, -0.2) is 4.39 Å². The number of rotatable bonds is 4. The van der Waals surface area contributed by atoms with E-state index in [0.29, 0.717) is 30.1 Å². The average Bonchev–Trinajstić information content (AvgIpc) is 3.09. The fraction of sp³-hybridized carbons (Fsp3) is 0.467. The van der Waals surface area contributed by atoms with E-state index >= 15 is 0 Å². The van der Waals surface area contributed by atoms with Crippen LogP contribution < -0.4 is 0 Å². The fourth-order valence-electron chi connectivity index (χ4n) is 2.70. The van der Waals surface area contributed by atoms with Crippen LogP contribution in [0.4, 0.5) is 4.39 Å². The average molecular weight is 288 g/mol. The van der Waals surface area contributed by atoms with Crippen molar-refractivity contribution in [2.75, 3.05) is 0 Å². The lowest BCUT2D eigenvalue weighted by molar-refractivity contribution is -0.120. The third-order valence-electron chi connectivity index (χ3n) is 3.98. The van der Waals surface area contributed by atoms with E-state index in [-0.39, 0.29) is 11.7 Å². The quantitative estimate of drug-likeness (QED) is 0.867. The number of ketones is 1. The molecule has 1 heterocycles. The van der Waals surface area contributed by atoms with Gasteiger partial charge in [0.05, 0.1) is 6.54 Å². The van der Waals surface area contributed by atoms with Gasteiger partial charge < -0.3 is 0 Å². The topological polar surface area (TPSA) is 60.7 Å². The number of aromatic nitrogens is 4. The second-order valence-electron chi connectivity index (χ2n) is 5.52. The maximum Gasteiger partial charge on any atom is 0.204 e. The Hall–Kier alpha value is -2.11. The van der Waals surface area contributed by atoms with Crippen molar-refractivity contribution in [2.24, 2.45) is 5.92 Å². The Balaban J connectivity index is 1.68. The number of halogens is 1. The molecule has 1 saturated carbocycles. The van der Waals surface area contributed by atoms with E-state index in [0.717, 1.165) is 24.8 Å². The number of aryl methyl sites for hydroxylation is 2. The van der Waals surface area contributed by atoms with Crippen molar-refractivity contribution < 1.29 is 9.18 Å². The summed E-state index contributed by atoms with van der Waals surface area (Å²) in [6, 6.07) is 4.75. The van der Waals surface area contributed by atoms with Crippen molar-refractivity contribution in [2.45, 2.75) is 39.2 Å². The van der Waals surface area contributed by atoms with Gasteiger partial charge in [-0.2, -0.15) is 4.80 Å². The molecular weight excluding hydrogens is 271 g/mol. The standard InChI is InChI=1S/C15H17FN4O/c1-10-9-12(5-6-13(10)16)15-17-19-20(18-15)8-7-11-3-2-4-14(11)21/h5-6,9,11H,2-4,7-8H2,1H3. The molecule has 6 heteroatoms. The van der Waals surface area contributed by atoms with E-state index in [1.165, 1.54) is 10.9 Å². The largest absolute Gasteiger partial charge is 0.299 e. The maximum atomic E-state index is 13.3. The van der Waals surface area contributed by atoms with Gasteiger partial charge >= 0.3 is 0 Å². The second kappa shape index (κ2) is 5.71. The van der Waals surface area contributed by atoms with Crippen LogP contribution in [0.5, 0.6) is 0 Å². The lowest BCUT2D eigenvalue weighted by Gasteiger charge is -2.05. The van der Waals surface area contributed by atoms with E-state index < -0.39 is 0 Å². The molecular formula is C15H17FN4O. The molecule has 1 aliphatic rings. The Morgan fingerprint density at radius 3 is 3.00 bits per heavy atom. The van der Waals surface area contributed by atoms with Gasteiger partial charge in [0.15, 0.2) is 0 Å². The number of tetrazole rings is 1. The summed E-state index contributed by atoms with van der Waals surface area (Å²) < 4.78 is 13.3. The Bertz CT molecular complexity index is 667. The molecule has 110 valence electrons. The number of Topliss-reactive ketones (excluding diaryl/α,β-unsaturated/α-hetero) is 1. The molecule has 0 bridgehead atoms. The summed E-state index contributed by atoms with van der Waals surface area (Å²) in [5, 5.41) is 12.3. The van der Waals surface area contributed by atoms with Crippen LogP contribution in [0.25, 0.3) is 11.4 Å². The zero-order valence-corrected chi connectivity index (χ0v) is 11.9. The first-order valence-electron chi connectivity index (χ1n) is 7.20. The highest BCUT2D eigenvalue weighted by molar-refractivity contribution is 5.82. The monoisotopic (exact) mass is 288 g/mol. The van der Waals surface area contributed by atoms with Crippen molar-refractivity contribution in [3.63, 3.8) is 0 Å². The van der Waals surface area contributed by atoms with Crippen LogP contribution in [0.15, 0.2) is 18.2 Å². The van der Waals surface area contributed by atoms with Crippen LogP contribution >= 0.6 is 0 Å². The number of hydrogen-bond donors (Lipinski definition) is 0. The molecule has 5 nitrogen and oxygen atoms in total. The molecule has 0 aliphatic heterocycles. The summed E-state index contributed by atoms with van der Waals surface area (Å²) in [5.74, 6) is 0.735. The summed E-state index contributed by atoms with van der Waals surface area (Å²) in [4.78, 5) is 13.1. The predicted molar refractivity (Wildman–Crippen MR) is 74.9 cm³/mol. The third kappa shape index (κ3) is 2.99. The van der Waals surface area contributed by atoms with E-state index in [2.05, 4.69) is 15.4 Å². The zero-order chi connectivity index (χ0) is 14.8. The minimum absolute atomic E-state index is 0.146. The lowest BCUT2D eigenvalue weighted by Crippen LogP contribution is -2.12. The molecule has 0 amide bonds. The van der Waals surface area contributed by atoms with Crippen LogP contribution in [-0.2, 0) is 11.3 Å². The predicted octanol–water partition coefficient (Wildman–Crippen LogP) is 2.55. The highest BCUT2D eigenvalue weighted by Crippen LogP contribution is 2.24. The van der Waals surface area contributed by atoms with E-state index in [4.69, 9.17) is 0 Å². The van der Waals surface area contributed by atoms with Gasteiger partial charge in [-0.05, 0) is 55.2 Å². The van der Waals surface area contributed by atoms with Crippen LogP contribution in [-0.4, -0.2) is 26.0 Å². The van der Waals surface area contributed by atoms with Crippen molar-refractivity contribution in [3.05, 3.63) is 29.6 Å². The van der Waals surface area contributed by atoms with Crippen LogP contribution in [0.1, 0.15) is 31.2 Å². The molecule has 1 aromatic carbocycles. The highest BCUT2D eigenvalue weighted by atomic mass is 19.1. The molecule has 3 rings (SSSR count). The normalized spacial score (nSPS) is 18.4. The minimum Gasteiger partial charge on any atom is -0.299 e. The SMILES string of the molecule is Cc1cc(-c2nnn(CCC3CCCC3=O)n2)ccc1F. The molecule has 0 spiro atoms. The Labute approximate surface area is 122 Å². The Kier molecular flexibility index (Phi) is 3.77. The summed E-state index contributed by atoms with van der Waals surface area (Å²) in [5.41, 5.74) is 1.30. The van der Waals surface area contributed by atoms with E-state index in [1.54, 1.807) is 19.1 Å². The molecule has 1 atom stereocenters. The van der Waals surface area contributed by atoms with Gasteiger partial charge in [0, 0.05) is 17.9 Å². The van der Waals surface area contributed by atoms with Crippen LogP contribution in [0.2, 0.25) is 0 Å². The molecule has 1 fully saturated rings. The molecule has 0 N–H and O–H groups in total. The molecule has 1 unspecified atom stereocenters. The van der Waals surface area contributed by atoms with Crippen molar-refractivity contribution >= 4 is 5.78 Å². The number of nitrogens with zero attached hydrogens (tertiary/aromatic N) is 4. The van der Waals surface area contributed by atoms with Gasteiger partial charge in [-0.15, -0.1) is 10.2 Å². The molecule has 0 radical (unpaired) electrons. The van der Waals surface area contributed by atoms with Gasteiger partial charge in [0.1, 0.15) is 11.6 Å². The number of hydrogen-bond acceptors (Lipinski definition) is 4. The van der Waals surface area contributed by atoms with Crippen LogP contribution in [0, 0.1) is 18.7 Å². The number of carbonyl (C=O) groups is 1. The smallest absolute Gasteiger partial charge is 0.204 e. The van der Waals surface area contributed by atoms with Gasteiger partial charge in [0.2, 0.25) is 5.82 Å². The third-order valence-corrected chi connectivity index (χ3v) is 3.98. The van der Waals surface area contributed by atoms with Crippen molar-refractivity contribution in [1.29, 1.82) is 0 Å². The van der Waals surface area contributed by atoms with Gasteiger partial charge in [-0.3, -0.25) is 4.79 Å². The first kappa shape index (κ1) is 13.9. The van der Waals surface area contributed by atoms with E-state index in [1.807, 2.05) is 0 Å². The van der Waals surface area contributed by atoms with Gasteiger partial charge in [0.25, 0.3) is 0 Å². The van der Waals surface area contributed by atoms with Crippen LogP contribution in [0.3, 0.4) is 0 Å². The number of carbonyl (C=O) groups excluding carboxylic acids is 1. The summed E-state index contributed by atoms with van der Waals surface area (Å²) >= 11 is 0. The Morgan fingerprint density at radius 2 is 2.29 bits per heavy atom. The highest BCUT2D eigenvalue weighted by Gasteiger charge is 2.24. The van der Waals surface area contributed by atoms with Crippen molar-refractivity contribution in [1.82, 2.24) is 20.2 Å². The molecule has 0 saturated heterocycles. The second-order valence-corrected chi connectivity index (χ2v) is 5.52. The zero-order valence-electron chi connectivity index (χ0n) is 11.9. The summed E-state index contributed by atoms with van der Waals surface area (Å²) in [6.45, 7) is 2.29. The van der Waals surface area contributed by atoms with Gasteiger partial charge in [-0.1, -0.05) is 0 Å². The lowest BCUT2D eigenvalue weighted by atomic mass is 10.0. The minimum atomic E-state index is -0.245. The molecule has 2 aromatic rings. The Morgan fingerprint density at radius 1 is 1.43 bits per heavy atom. The maximum absolute atomic E-state index is 13.3. The van der Waals surface area contributed by atoms with Crippen molar-refractivity contribution in [3.8, 4) is 11.4 Å². The molecule has 1 aromatic heterocycles. The fourth-order valence-corrected chi connectivity index (χ4v) is 2.70. The number of benzene rings is 1.